The minimum absolute atomic E-state index is 0.0244. The van der Waals surface area contributed by atoms with Crippen LogP contribution in [0.5, 0.6) is 11.5 Å². The third kappa shape index (κ3) is 5.31. The average molecular weight is 296 g/mol. The lowest BCUT2D eigenvalue weighted by atomic mass is 10.2. The van der Waals surface area contributed by atoms with Gasteiger partial charge in [-0.3, -0.25) is 4.79 Å². The van der Waals surface area contributed by atoms with Crippen LogP contribution in [0.2, 0.25) is 0 Å². The lowest BCUT2D eigenvalue weighted by molar-refractivity contribution is -0.116. The number of benzene rings is 1. The summed E-state index contributed by atoms with van der Waals surface area (Å²) in [5, 5.41) is 2.28. The van der Waals surface area contributed by atoms with Gasteiger partial charge in [-0.2, -0.15) is 17.6 Å². The topological polar surface area (TPSA) is 73.6 Å². The molecule has 112 valence electrons. The second-order valence-electron chi connectivity index (χ2n) is 3.50. The molecule has 0 unspecified atom stereocenters. The highest BCUT2D eigenvalue weighted by Crippen LogP contribution is 2.31. The molecular weight excluding hydrogens is 284 g/mol. The minimum Gasteiger partial charge on any atom is -0.435 e. The maximum absolute atomic E-state index is 12.2. The molecule has 5 nitrogen and oxygen atoms in total. The Balaban J connectivity index is 2.94. The molecular formula is C11H12F4N2O3. The number of nitrogens with two attached hydrogens (primary N) is 1. The maximum atomic E-state index is 12.2. The van der Waals surface area contributed by atoms with Crippen LogP contribution >= 0.6 is 0 Å². The van der Waals surface area contributed by atoms with E-state index in [-0.39, 0.29) is 24.4 Å². The first-order valence-electron chi connectivity index (χ1n) is 5.46. The van der Waals surface area contributed by atoms with Gasteiger partial charge in [-0.05, 0) is 12.1 Å². The van der Waals surface area contributed by atoms with Crippen molar-refractivity contribution in [3.05, 3.63) is 18.2 Å². The number of halogens is 4. The van der Waals surface area contributed by atoms with E-state index in [1.807, 2.05) is 0 Å². The quantitative estimate of drug-likeness (QED) is 0.756. The smallest absolute Gasteiger partial charge is 0.387 e. The Morgan fingerprint density at radius 3 is 2.40 bits per heavy atom. The minimum atomic E-state index is -3.18. The van der Waals surface area contributed by atoms with Crippen molar-refractivity contribution >= 4 is 11.6 Å². The highest BCUT2D eigenvalue weighted by atomic mass is 19.3. The molecule has 1 rings (SSSR count). The SMILES string of the molecule is NCCC(=O)Nc1ccc(OC(F)F)cc1OC(F)F. The molecule has 0 aliphatic heterocycles. The van der Waals surface area contributed by atoms with Crippen LogP contribution in [0.3, 0.4) is 0 Å². The van der Waals surface area contributed by atoms with E-state index in [1.54, 1.807) is 0 Å². The third-order valence-electron chi connectivity index (χ3n) is 2.04. The van der Waals surface area contributed by atoms with E-state index in [0.717, 1.165) is 18.2 Å². The van der Waals surface area contributed by atoms with Crippen LogP contribution < -0.4 is 20.5 Å². The number of hydrogen-bond donors (Lipinski definition) is 2. The predicted octanol–water partition coefficient (Wildman–Crippen LogP) is 2.18. The molecule has 0 saturated carbocycles. The second-order valence-corrected chi connectivity index (χ2v) is 3.50. The van der Waals surface area contributed by atoms with Crippen molar-refractivity contribution in [1.29, 1.82) is 0 Å². The van der Waals surface area contributed by atoms with Gasteiger partial charge in [0.05, 0.1) is 5.69 Å². The summed E-state index contributed by atoms with van der Waals surface area (Å²) in [6.07, 6.45) is -0.0244. The number of rotatable bonds is 7. The van der Waals surface area contributed by atoms with Gasteiger partial charge in [-0.25, -0.2) is 0 Å². The molecule has 0 heterocycles. The summed E-state index contributed by atoms with van der Waals surface area (Å²) in [6.45, 7) is -6.21. The number of alkyl halides is 4. The summed E-state index contributed by atoms with van der Waals surface area (Å²) in [6, 6.07) is 3.03. The highest BCUT2D eigenvalue weighted by molar-refractivity contribution is 5.92. The molecule has 1 aromatic carbocycles. The standard InChI is InChI=1S/C11H12F4N2O3/c12-10(13)19-6-1-2-7(17-9(18)3-4-16)8(5-6)20-11(14)15/h1-2,5,10-11H,3-4,16H2,(H,17,18). The molecule has 0 saturated heterocycles. The summed E-state index contributed by atoms with van der Waals surface area (Å²) >= 11 is 0. The van der Waals surface area contributed by atoms with E-state index in [0.29, 0.717) is 0 Å². The monoisotopic (exact) mass is 296 g/mol. The molecule has 0 aliphatic rings. The summed E-state index contributed by atoms with van der Waals surface area (Å²) in [4.78, 5) is 11.3. The van der Waals surface area contributed by atoms with E-state index in [1.165, 1.54) is 0 Å². The van der Waals surface area contributed by atoms with Crippen LogP contribution in [0.1, 0.15) is 6.42 Å². The Morgan fingerprint density at radius 1 is 1.20 bits per heavy atom. The number of carbonyl (C=O) groups is 1. The van der Waals surface area contributed by atoms with Gasteiger partial charge in [-0.15, -0.1) is 0 Å². The molecule has 0 aromatic heterocycles. The molecule has 3 N–H and O–H groups in total. The third-order valence-corrected chi connectivity index (χ3v) is 2.04. The molecule has 1 amide bonds. The molecule has 0 spiro atoms. The fourth-order valence-electron chi connectivity index (χ4n) is 1.32. The lowest BCUT2D eigenvalue weighted by Crippen LogP contribution is -2.17. The Hall–Kier alpha value is -2.03. The van der Waals surface area contributed by atoms with Crippen LogP contribution in [-0.2, 0) is 4.79 Å². The van der Waals surface area contributed by atoms with E-state index in [2.05, 4.69) is 14.8 Å². The lowest BCUT2D eigenvalue weighted by Gasteiger charge is -2.13. The predicted molar refractivity (Wildman–Crippen MR) is 62.0 cm³/mol. The Labute approximate surface area is 111 Å². The number of ether oxygens (including phenoxy) is 2. The van der Waals surface area contributed by atoms with Crippen molar-refractivity contribution in [2.45, 2.75) is 19.6 Å². The molecule has 0 bridgehead atoms. The normalized spacial score (nSPS) is 10.8. The van der Waals surface area contributed by atoms with Crippen LogP contribution in [0, 0.1) is 0 Å². The van der Waals surface area contributed by atoms with Crippen LogP contribution in [0.25, 0.3) is 0 Å². The fourth-order valence-corrected chi connectivity index (χ4v) is 1.32. The number of amides is 1. The summed E-state index contributed by atoms with van der Waals surface area (Å²) in [5.41, 5.74) is 5.07. The van der Waals surface area contributed by atoms with Gasteiger partial charge in [0.15, 0.2) is 5.75 Å². The van der Waals surface area contributed by atoms with Gasteiger partial charge in [0.1, 0.15) is 5.75 Å². The van der Waals surface area contributed by atoms with Crippen molar-refractivity contribution in [1.82, 2.24) is 0 Å². The first-order valence-corrected chi connectivity index (χ1v) is 5.46. The molecule has 0 radical (unpaired) electrons. The molecule has 0 aliphatic carbocycles. The zero-order chi connectivity index (χ0) is 15.1. The molecule has 1 aromatic rings. The maximum Gasteiger partial charge on any atom is 0.387 e. The van der Waals surface area contributed by atoms with E-state index in [4.69, 9.17) is 5.73 Å². The highest BCUT2D eigenvalue weighted by Gasteiger charge is 2.14. The number of carbonyl (C=O) groups excluding carboxylic acids is 1. The fraction of sp³-hybridized carbons (Fsp3) is 0.364. The van der Waals surface area contributed by atoms with Crippen molar-refractivity contribution < 1.29 is 31.8 Å². The van der Waals surface area contributed by atoms with Crippen molar-refractivity contribution in [3.63, 3.8) is 0 Å². The van der Waals surface area contributed by atoms with Gasteiger partial charge < -0.3 is 20.5 Å². The zero-order valence-electron chi connectivity index (χ0n) is 10.1. The van der Waals surface area contributed by atoms with Crippen molar-refractivity contribution in [2.24, 2.45) is 5.73 Å². The Morgan fingerprint density at radius 2 is 1.85 bits per heavy atom. The van der Waals surface area contributed by atoms with Crippen LogP contribution in [0.15, 0.2) is 18.2 Å². The number of anilines is 1. The van der Waals surface area contributed by atoms with Gasteiger partial charge in [-0.1, -0.05) is 0 Å². The Kier molecular flexibility index (Phi) is 6.04. The number of nitrogens with one attached hydrogen (secondary N) is 1. The van der Waals surface area contributed by atoms with Gasteiger partial charge in [0, 0.05) is 19.0 Å². The first kappa shape index (κ1) is 16.0. The molecule has 20 heavy (non-hydrogen) atoms. The molecule has 9 heteroatoms. The number of hydrogen-bond acceptors (Lipinski definition) is 4. The summed E-state index contributed by atoms with van der Waals surface area (Å²) in [7, 11) is 0. The molecule has 0 atom stereocenters. The average Bonchev–Trinajstić information content (AvgIpc) is 2.31. The van der Waals surface area contributed by atoms with Gasteiger partial charge >= 0.3 is 13.2 Å². The summed E-state index contributed by atoms with van der Waals surface area (Å²) in [5.74, 6) is -1.37. The second kappa shape index (κ2) is 7.53. The van der Waals surface area contributed by atoms with E-state index in [9.17, 15) is 22.4 Å². The van der Waals surface area contributed by atoms with E-state index >= 15 is 0 Å². The van der Waals surface area contributed by atoms with Crippen LogP contribution in [-0.4, -0.2) is 25.7 Å². The molecule has 0 fully saturated rings. The van der Waals surface area contributed by atoms with Gasteiger partial charge in [0.25, 0.3) is 0 Å². The van der Waals surface area contributed by atoms with Crippen LogP contribution in [0.4, 0.5) is 23.2 Å². The largest absolute Gasteiger partial charge is 0.435 e. The Bertz CT molecular complexity index is 457. The first-order chi connectivity index (χ1) is 9.42. The van der Waals surface area contributed by atoms with Gasteiger partial charge in [0.2, 0.25) is 5.91 Å². The van der Waals surface area contributed by atoms with Crippen molar-refractivity contribution in [3.8, 4) is 11.5 Å². The van der Waals surface area contributed by atoms with E-state index < -0.39 is 24.9 Å². The zero-order valence-corrected chi connectivity index (χ0v) is 10.1. The summed E-state index contributed by atoms with van der Waals surface area (Å²) < 4.78 is 56.7. The van der Waals surface area contributed by atoms with Crippen molar-refractivity contribution in [2.75, 3.05) is 11.9 Å².